The van der Waals surface area contributed by atoms with Crippen LogP contribution in [0.5, 0.6) is 0 Å². The molecule has 2 aliphatic rings. The number of fused-ring (bicyclic) bond motifs is 1. The molecule has 7 heteroatoms. The first-order chi connectivity index (χ1) is 14.2. The maximum atomic E-state index is 12.3. The van der Waals surface area contributed by atoms with Crippen LogP contribution in [0.3, 0.4) is 0 Å². The van der Waals surface area contributed by atoms with Gasteiger partial charge in [-0.05, 0) is 50.7 Å². The van der Waals surface area contributed by atoms with Gasteiger partial charge in [0.15, 0.2) is 0 Å². The Balaban J connectivity index is 1.40. The molecule has 1 N–H and O–H groups in total. The highest BCUT2D eigenvalue weighted by Gasteiger charge is 2.42. The van der Waals surface area contributed by atoms with Crippen LogP contribution in [0.15, 0.2) is 24.3 Å². The van der Waals surface area contributed by atoms with Crippen molar-refractivity contribution >= 4 is 12.1 Å². The molecule has 3 rings (SSSR count). The highest BCUT2D eigenvalue weighted by molar-refractivity contribution is 5.71. The summed E-state index contributed by atoms with van der Waals surface area (Å²) in [6.45, 7) is 13.4. The molecule has 7 nitrogen and oxygen atoms in total. The molecule has 0 radical (unpaired) electrons. The van der Waals surface area contributed by atoms with Crippen molar-refractivity contribution < 1.29 is 19.1 Å². The second kappa shape index (κ2) is 9.79. The molecule has 2 fully saturated rings. The molecule has 30 heavy (non-hydrogen) atoms. The number of rotatable bonds is 7. The van der Waals surface area contributed by atoms with E-state index in [1.54, 1.807) is 6.92 Å². The molecule has 2 atom stereocenters. The van der Waals surface area contributed by atoms with E-state index in [9.17, 15) is 9.59 Å². The summed E-state index contributed by atoms with van der Waals surface area (Å²) in [6, 6.07) is 8.52. The second-order valence-corrected chi connectivity index (χ2v) is 9.32. The smallest absolute Gasteiger partial charge is 0.410 e. The Morgan fingerprint density at radius 1 is 1.03 bits per heavy atom. The van der Waals surface area contributed by atoms with Crippen LogP contribution in [0.25, 0.3) is 0 Å². The molecule has 0 aliphatic carbocycles. The summed E-state index contributed by atoms with van der Waals surface area (Å²) in [5.74, 6) is 0.840. The summed E-state index contributed by atoms with van der Waals surface area (Å²) in [6.07, 6.45) is -0.185. The Labute approximate surface area is 179 Å². The molecule has 2 heterocycles. The molecule has 0 saturated carbocycles. The summed E-state index contributed by atoms with van der Waals surface area (Å²) in [7, 11) is 0. The second-order valence-electron chi connectivity index (χ2n) is 9.32. The zero-order valence-corrected chi connectivity index (χ0v) is 18.6. The first kappa shape index (κ1) is 22.6. The highest BCUT2D eigenvalue weighted by atomic mass is 16.6. The quantitative estimate of drug-likeness (QED) is 0.688. The van der Waals surface area contributed by atoms with E-state index in [1.165, 1.54) is 5.56 Å². The molecule has 0 spiro atoms. The van der Waals surface area contributed by atoms with Gasteiger partial charge in [0.25, 0.3) is 0 Å². The third kappa shape index (κ3) is 6.44. The lowest BCUT2D eigenvalue weighted by molar-refractivity contribution is -0.142. The third-order valence-electron chi connectivity index (χ3n) is 5.55. The number of nitrogens with zero attached hydrogens (tertiary/aromatic N) is 2. The number of benzene rings is 1. The van der Waals surface area contributed by atoms with Crippen LogP contribution in [0, 0.1) is 11.8 Å². The number of hydrogen-bond acceptors (Lipinski definition) is 6. The molecule has 0 bridgehead atoms. The maximum Gasteiger partial charge on any atom is 0.410 e. The van der Waals surface area contributed by atoms with E-state index in [1.807, 2.05) is 25.7 Å². The van der Waals surface area contributed by atoms with Crippen molar-refractivity contribution in [3.05, 3.63) is 35.4 Å². The average molecular weight is 418 g/mol. The molecule has 0 aromatic heterocycles. The van der Waals surface area contributed by atoms with Crippen molar-refractivity contribution in [1.82, 2.24) is 15.1 Å². The normalized spacial score (nSPS) is 21.5. The summed E-state index contributed by atoms with van der Waals surface area (Å²) >= 11 is 0. The number of nitrogens with one attached hydrogen (secondary N) is 1. The highest BCUT2D eigenvalue weighted by Crippen LogP contribution is 2.32. The Morgan fingerprint density at radius 2 is 1.63 bits per heavy atom. The van der Waals surface area contributed by atoms with Crippen molar-refractivity contribution in [3.8, 4) is 0 Å². The van der Waals surface area contributed by atoms with Gasteiger partial charge in [0, 0.05) is 39.3 Å². The Bertz CT molecular complexity index is 715. The average Bonchev–Trinajstić information content (AvgIpc) is 3.21. The van der Waals surface area contributed by atoms with Gasteiger partial charge in [-0.1, -0.05) is 24.3 Å². The van der Waals surface area contributed by atoms with Crippen molar-refractivity contribution in [2.24, 2.45) is 11.8 Å². The van der Waals surface area contributed by atoms with Crippen LogP contribution in [0.4, 0.5) is 4.79 Å². The molecule has 2 saturated heterocycles. The van der Waals surface area contributed by atoms with Crippen molar-refractivity contribution in [2.45, 2.75) is 46.4 Å². The Hall–Kier alpha value is -2.12. The minimum absolute atomic E-state index is 0.185. The van der Waals surface area contributed by atoms with Crippen LogP contribution >= 0.6 is 0 Å². The Morgan fingerprint density at radius 3 is 2.20 bits per heavy atom. The first-order valence-corrected chi connectivity index (χ1v) is 10.9. The van der Waals surface area contributed by atoms with Crippen LogP contribution in [-0.4, -0.2) is 66.8 Å². The fourth-order valence-corrected chi connectivity index (χ4v) is 4.24. The fourth-order valence-electron chi connectivity index (χ4n) is 4.24. The van der Waals surface area contributed by atoms with Gasteiger partial charge in [0.05, 0.1) is 13.2 Å². The minimum atomic E-state index is -0.443. The van der Waals surface area contributed by atoms with E-state index in [0.29, 0.717) is 25.0 Å². The summed E-state index contributed by atoms with van der Waals surface area (Å²) in [4.78, 5) is 28.0. The van der Waals surface area contributed by atoms with Gasteiger partial charge < -0.3 is 19.7 Å². The Kier molecular flexibility index (Phi) is 7.36. The molecule has 1 aromatic carbocycles. The fraction of sp³-hybridized carbons (Fsp3) is 0.652. The number of carbonyl (C=O) groups excluding carboxylic acids is 2. The van der Waals surface area contributed by atoms with Gasteiger partial charge in [-0.2, -0.15) is 0 Å². The van der Waals surface area contributed by atoms with Gasteiger partial charge in [-0.3, -0.25) is 9.69 Å². The van der Waals surface area contributed by atoms with Gasteiger partial charge in [-0.15, -0.1) is 0 Å². The molecular formula is C23H35N3O4. The monoisotopic (exact) mass is 417 g/mol. The standard InChI is InChI=1S/C23H35N3O4/c1-5-29-21(27)11-24-10-17-6-8-18(9-7-17)12-25-13-19-15-26(16-20(19)14-25)22(28)30-23(2,3)4/h6-9,19-20,24H,5,10-16H2,1-4H3. The van der Waals surface area contributed by atoms with Crippen molar-refractivity contribution in [3.63, 3.8) is 0 Å². The molecule has 1 aromatic rings. The van der Waals surface area contributed by atoms with Crippen molar-refractivity contribution in [1.29, 1.82) is 0 Å². The summed E-state index contributed by atoms with van der Waals surface area (Å²) < 4.78 is 10.4. The van der Waals surface area contributed by atoms with Crippen LogP contribution in [-0.2, 0) is 27.4 Å². The lowest BCUT2D eigenvalue weighted by Gasteiger charge is -2.26. The lowest BCUT2D eigenvalue weighted by atomic mass is 10.0. The van der Waals surface area contributed by atoms with Gasteiger partial charge in [-0.25, -0.2) is 4.79 Å². The largest absolute Gasteiger partial charge is 0.465 e. The predicted molar refractivity (Wildman–Crippen MR) is 115 cm³/mol. The van der Waals surface area contributed by atoms with Crippen LogP contribution < -0.4 is 5.32 Å². The topological polar surface area (TPSA) is 71.1 Å². The van der Waals surface area contributed by atoms with Gasteiger partial charge in [0.1, 0.15) is 5.60 Å². The third-order valence-corrected chi connectivity index (χ3v) is 5.55. The zero-order valence-electron chi connectivity index (χ0n) is 18.6. The number of carbonyl (C=O) groups is 2. The summed E-state index contributed by atoms with van der Waals surface area (Å²) in [5.41, 5.74) is 1.99. The lowest BCUT2D eigenvalue weighted by Crippen LogP contribution is -2.37. The van der Waals surface area contributed by atoms with Crippen LogP contribution in [0.2, 0.25) is 0 Å². The number of likely N-dealkylation sites (tertiary alicyclic amines) is 2. The number of amides is 1. The molecule has 2 aliphatic heterocycles. The summed E-state index contributed by atoms with van der Waals surface area (Å²) in [5, 5.41) is 3.11. The molecule has 1 amide bonds. The molecular weight excluding hydrogens is 382 g/mol. The minimum Gasteiger partial charge on any atom is -0.465 e. The first-order valence-electron chi connectivity index (χ1n) is 10.9. The zero-order chi connectivity index (χ0) is 21.7. The van der Waals surface area contributed by atoms with E-state index in [-0.39, 0.29) is 18.6 Å². The molecule has 166 valence electrons. The number of ether oxygens (including phenoxy) is 2. The van der Waals surface area contributed by atoms with Gasteiger partial charge in [0.2, 0.25) is 0 Å². The maximum absolute atomic E-state index is 12.3. The number of esters is 1. The van der Waals surface area contributed by atoms with E-state index in [0.717, 1.165) is 38.3 Å². The van der Waals surface area contributed by atoms with Gasteiger partial charge >= 0.3 is 12.1 Å². The molecule has 2 unspecified atom stereocenters. The van der Waals surface area contributed by atoms with Crippen molar-refractivity contribution in [2.75, 3.05) is 39.3 Å². The van der Waals surface area contributed by atoms with E-state index < -0.39 is 5.60 Å². The number of hydrogen-bond donors (Lipinski definition) is 1. The predicted octanol–water partition coefficient (Wildman–Crippen LogP) is 2.64. The van der Waals surface area contributed by atoms with Crippen LogP contribution in [0.1, 0.15) is 38.8 Å². The van der Waals surface area contributed by atoms with E-state index in [2.05, 4.69) is 34.5 Å². The SMILES string of the molecule is CCOC(=O)CNCc1ccc(CN2CC3CN(C(=O)OC(C)(C)C)CC3C2)cc1. The van der Waals surface area contributed by atoms with E-state index in [4.69, 9.17) is 9.47 Å². The van der Waals surface area contributed by atoms with E-state index >= 15 is 0 Å².